The van der Waals surface area contributed by atoms with Gasteiger partial charge in [-0.1, -0.05) is 25.7 Å². The van der Waals surface area contributed by atoms with Gasteiger partial charge >= 0.3 is 15.2 Å². The number of carbonyl (C=O) groups is 2. The zero-order chi connectivity index (χ0) is 28.0. The van der Waals surface area contributed by atoms with Gasteiger partial charge in [-0.15, -0.1) is 0 Å². The van der Waals surface area contributed by atoms with Crippen LogP contribution in [0.15, 0.2) is 48.5 Å². The molecule has 10 nitrogen and oxygen atoms in total. The van der Waals surface area contributed by atoms with Crippen molar-refractivity contribution >= 4 is 49.0 Å². The Hall–Kier alpha value is -2.32. The van der Waals surface area contributed by atoms with Gasteiger partial charge in [0.1, 0.15) is 0 Å². The van der Waals surface area contributed by atoms with Crippen molar-refractivity contribution in [1.29, 1.82) is 0 Å². The van der Waals surface area contributed by atoms with Gasteiger partial charge in [0, 0.05) is 24.2 Å². The number of nitrogens with one attached hydrogen (secondary N) is 2. The molecule has 0 radical (unpaired) electrons. The van der Waals surface area contributed by atoms with E-state index in [0.717, 1.165) is 38.5 Å². The zero-order valence-corrected chi connectivity index (χ0v) is 23.7. The number of hydrogen-bond acceptors (Lipinski definition) is 6. The molecule has 2 amide bonds. The minimum atomic E-state index is -4.29. The van der Waals surface area contributed by atoms with Crippen molar-refractivity contribution in [3.63, 3.8) is 0 Å². The van der Waals surface area contributed by atoms with Crippen LogP contribution in [-0.2, 0) is 27.8 Å². The molecule has 0 saturated carbocycles. The van der Waals surface area contributed by atoms with Gasteiger partial charge in [-0.25, -0.2) is 0 Å². The van der Waals surface area contributed by atoms with Crippen LogP contribution in [-0.4, -0.2) is 34.8 Å². The molecular weight excluding hydrogens is 530 g/mol. The number of benzene rings is 2. The summed E-state index contributed by atoms with van der Waals surface area (Å²) in [6.07, 6.45) is 6.02. The average molecular weight is 569 g/mol. The van der Waals surface area contributed by atoms with E-state index in [2.05, 4.69) is 10.6 Å². The first-order valence-electron chi connectivity index (χ1n) is 12.8. The predicted molar refractivity (Wildman–Crippen MR) is 149 cm³/mol. The van der Waals surface area contributed by atoms with Gasteiger partial charge in [-0.3, -0.25) is 18.7 Å². The lowest BCUT2D eigenvalue weighted by atomic mass is 10.1. The van der Waals surface area contributed by atoms with Gasteiger partial charge in [0.15, 0.2) is 0 Å². The van der Waals surface area contributed by atoms with E-state index in [0.29, 0.717) is 29.5 Å². The van der Waals surface area contributed by atoms with E-state index < -0.39 is 15.2 Å². The standard InChI is InChI=1S/C26H38N2O8P2/c1-3-35-38(34,36-4-2)24-19-15-22(16-20-24)28-26(30)12-10-8-6-5-7-9-11-25(29)27-21-13-17-23(18-14-21)37(31,32)33/h13-20H,3-12H2,1-2H3,(H,27,29)(H,28,30)(H2,31,32,33). The first-order chi connectivity index (χ1) is 18.1. The number of anilines is 2. The zero-order valence-electron chi connectivity index (χ0n) is 21.9. The molecule has 4 N–H and O–H groups in total. The number of amides is 2. The molecule has 2 aromatic carbocycles. The third-order valence-corrected chi connectivity index (χ3v) is 8.71. The maximum Gasteiger partial charge on any atom is 0.361 e. The summed E-state index contributed by atoms with van der Waals surface area (Å²) in [6, 6.07) is 12.2. The minimum absolute atomic E-state index is 0.0824. The summed E-state index contributed by atoms with van der Waals surface area (Å²) in [7, 11) is -7.64. The Balaban J connectivity index is 1.57. The Morgan fingerprint density at radius 2 is 1.03 bits per heavy atom. The molecule has 2 aromatic rings. The van der Waals surface area contributed by atoms with Crippen molar-refractivity contribution < 1.29 is 37.6 Å². The molecule has 0 bridgehead atoms. The first-order valence-corrected chi connectivity index (χ1v) is 16.0. The predicted octanol–water partition coefficient (Wildman–Crippen LogP) is 5.08. The highest BCUT2D eigenvalue weighted by Gasteiger charge is 2.26. The second-order valence-electron chi connectivity index (χ2n) is 8.69. The lowest BCUT2D eigenvalue weighted by Gasteiger charge is -2.17. The number of unbranched alkanes of at least 4 members (excludes halogenated alkanes) is 5. The van der Waals surface area contributed by atoms with Gasteiger partial charge in [0.25, 0.3) is 0 Å². The fourth-order valence-corrected chi connectivity index (χ4v) is 5.82. The topological polar surface area (TPSA) is 151 Å². The van der Waals surface area contributed by atoms with Gasteiger partial charge in [0.2, 0.25) is 11.8 Å². The van der Waals surface area contributed by atoms with E-state index in [-0.39, 0.29) is 30.3 Å². The van der Waals surface area contributed by atoms with Crippen LogP contribution < -0.4 is 21.2 Å². The Morgan fingerprint density at radius 3 is 1.39 bits per heavy atom. The van der Waals surface area contributed by atoms with Gasteiger partial charge in [-0.05, 0) is 75.2 Å². The quantitative estimate of drug-likeness (QED) is 0.152. The summed E-state index contributed by atoms with van der Waals surface area (Å²) in [5, 5.41) is 5.93. The SMILES string of the molecule is CCOP(=O)(OCC)c1ccc(NC(=O)CCCCCCCCC(=O)Nc2ccc(P(=O)(O)O)cc2)cc1. The van der Waals surface area contributed by atoms with Crippen LogP contribution in [0.4, 0.5) is 11.4 Å². The van der Waals surface area contributed by atoms with E-state index >= 15 is 0 Å². The lowest BCUT2D eigenvalue weighted by molar-refractivity contribution is -0.117. The molecule has 0 atom stereocenters. The third kappa shape index (κ3) is 11.2. The van der Waals surface area contributed by atoms with E-state index in [1.165, 1.54) is 24.3 Å². The summed E-state index contributed by atoms with van der Waals surface area (Å²) >= 11 is 0. The van der Waals surface area contributed by atoms with Crippen molar-refractivity contribution in [2.45, 2.75) is 65.2 Å². The first kappa shape index (κ1) is 31.9. The maximum atomic E-state index is 12.8. The Bertz CT molecular complexity index is 1110. The third-order valence-electron chi connectivity index (χ3n) is 5.61. The van der Waals surface area contributed by atoms with E-state index in [4.69, 9.17) is 18.8 Å². The molecule has 0 spiro atoms. The van der Waals surface area contributed by atoms with Crippen molar-refractivity contribution in [2.24, 2.45) is 0 Å². The summed E-state index contributed by atoms with van der Waals surface area (Å²) in [5.74, 6) is -0.224. The fourth-order valence-electron chi connectivity index (χ4n) is 3.72. The highest BCUT2D eigenvalue weighted by atomic mass is 31.2. The lowest BCUT2D eigenvalue weighted by Crippen LogP contribution is -2.13. The van der Waals surface area contributed by atoms with E-state index in [1.54, 1.807) is 38.1 Å². The fraction of sp³-hybridized carbons (Fsp3) is 0.462. The number of rotatable bonds is 17. The van der Waals surface area contributed by atoms with Gasteiger partial charge in [0.05, 0.1) is 23.8 Å². The summed E-state index contributed by atoms with van der Waals surface area (Å²) in [4.78, 5) is 42.5. The van der Waals surface area contributed by atoms with Gasteiger partial charge < -0.3 is 29.5 Å². The van der Waals surface area contributed by atoms with Gasteiger partial charge in [-0.2, -0.15) is 0 Å². The summed E-state index contributed by atoms with van der Waals surface area (Å²) < 4.78 is 34.6. The Kier molecular flexibility index (Phi) is 13.4. The molecule has 0 aliphatic rings. The molecule has 0 fully saturated rings. The van der Waals surface area contributed by atoms with Crippen molar-refractivity contribution in [3.05, 3.63) is 48.5 Å². The largest absolute Gasteiger partial charge is 0.361 e. The van der Waals surface area contributed by atoms with Crippen LogP contribution in [0.2, 0.25) is 0 Å². The molecule has 0 aromatic heterocycles. The second-order valence-corrected chi connectivity index (χ2v) is 12.3. The molecule has 0 aliphatic carbocycles. The average Bonchev–Trinajstić information content (AvgIpc) is 2.86. The smallest absolute Gasteiger partial charge is 0.326 e. The van der Waals surface area contributed by atoms with Crippen LogP contribution >= 0.6 is 15.2 Å². The molecule has 12 heteroatoms. The minimum Gasteiger partial charge on any atom is -0.326 e. The molecule has 0 heterocycles. The van der Waals surface area contributed by atoms with Crippen LogP contribution in [0.3, 0.4) is 0 Å². The molecule has 0 unspecified atom stereocenters. The van der Waals surface area contributed by atoms with Crippen LogP contribution in [0, 0.1) is 0 Å². The molecule has 0 saturated heterocycles. The van der Waals surface area contributed by atoms with Crippen LogP contribution in [0.5, 0.6) is 0 Å². The Morgan fingerprint density at radius 1 is 0.658 bits per heavy atom. The van der Waals surface area contributed by atoms with Crippen molar-refractivity contribution in [2.75, 3.05) is 23.8 Å². The monoisotopic (exact) mass is 568 g/mol. The molecule has 0 aliphatic heterocycles. The number of hydrogen-bond donors (Lipinski definition) is 4. The van der Waals surface area contributed by atoms with Crippen molar-refractivity contribution in [1.82, 2.24) is 0 Å². The summed E-state index contributed by atoms with van der Waals surface area (Å²) in [5.41, 5.74) is 1.12. The number of carbonyl (C=O) groups excluding carboxylic acids is 2. The maximum absolute atomic E-state index is 12.8. The molecular formula is C26H38N2O8P2. The highest BCUT2D eigenvalue weighted by molar-refractivity contribution is 7.62. The van der Waals surface area contributed by atoms with E-state index in [1.807, 2.05) is 0 Å². The Labute approximate surface area is 224 Å². The van der Waals surface area contributed by atoms with E-state index in [9.17, 15) is 18.7 Å². The van der Waals surface area contributed by atoms with Crippen LogP contribution in [0.25, 0.3) is 0 Å². The van der Waals surface area contributed by atoms with Crippen molar-refractivity contribution in [3.8, 4) is 0 Å². The highest BCUT2D eigenvalue weighted by Crippen LogP contribution is 2.46. The summed E-state index contributed by atoms with van der Waals surface area (Å²) in [6.45, 7) is 4.05. The second kappa shape index (κ2) is 15.9. The van der Waals surface area contributed by atoms with Crippen LogP contribution in [0.1, 0.15) is 65.2 Å². The normalized spacial score (nSPS) is 11.8. The molecule has 210 valence electrons. The molecule has 38 heavy (non-hydrogen) atoms. The molecule has 2 rings (SSSR count).